The van der Waals surface area contributed by atoms with Gasteiger partial charge in [-0.25, -0.2) is 0 Å². The largest absolute Gasteiger partial charge is 0.326 e. The van der Waals surface area contributed by atoms with Crippen molar-refractivity contribution in [2.24, 2.45) is 5.73 Å². The van der Waals surface area contributed by atoms with E-state index in [0.717, 1.165) is 12.5 Å². The van der Waals surface area contributed by atoms with Crippen LogP contribution < -0.4 is 5.73 Å². The maximum atomic E-state index is 5.66. The van der Waals surface area contributed by atoms with Gasteiger partial charge < -0.3 is 5.73 Å². The summed E-state index contributed by atoms with van der Waals surface area (Å²) in [5, 5.41) is 4.45. The highest BCUT2D eigenvalue weighted by Crippen LogP contribution is 2.38. The molecule has 1 aromatic heterocycles. The molecule has 2 N–H and O–H groups in total. The van der Waals surface area contributed by atoms with Gasteiger partial charge in [0, 0.05) is 18.2 Å². The van der Waals surface area contributed by atoms with Crippen molar-refractivity contribution in [3.05, 3.63) is 18.0 Å². The van der Waals surface area contributed by atoms with Crippen molar-refractivity contribution in [3.8, 4) is 0 Å². The van der Waals surface area contributed by atoms with E-state index in [1.807, 2.05) is 17.8 Å². The number of nitrogens with two attached hydrogens (primary N) is 1. The fourth-order valence-corrected chi connectivity index (χ4v) is 1.37. The van der Waals surface area contributed by atoms with Crippen LogP contribution in [0.1, 0.15) is 31.4 Å². The van der Waals surface area contributed by atoms with Crippen molar-refractivity contribution in [2.45, 2.75) is 38.3 Å². The normalized spacial score (nSPS) is 19.5. The molecule has 66 valence electrons. The molecule has 1 aliphatic carbocycles. The molecular formula is C9H15N3. The molecule has 1 atom stereocenters. The number of nitrogens with zero attached hydrogens (tertiary/aromatic N) is 2. The van der Waals surface area contributed by atoms with E-state index in [9.17, 15) is 0 Å². The summed E-state index contributed by atoms with van der Waals surface area (Å²) in [6.45, 7) is 2.82. The third kappa shape index (κ3) is 1.67. The van der Waals surface area contributed by atoms with Crippen molar-refractivity contribution in [2.75, 3.05) is 0 Å². The Morgan fingerprint density at radius 2 is 2.50 bits per heavy atom. The van der Waals surface area contributed by atoms with Gasteiger partial charge in [0.2, 0.25) is 0 Å². The van der Waals surface area contributed by atoms with E-state index in [4.69, 9.17) is 5.73 Å². The van der Waals surface area contributed by atoms with Crippen molar-refractivity contribution in [1.82, 2.24) is 9.78 Å². The van der Waals surface area contributed by atoms with Gasteiger partial charge in [-0.15, -0.1) is 0 Å². The maximum Gasteiger partial charge on any atom is 0.0655 e. The van der Waals surface area contributed by atoms with Crippen molar-refractivity contribution < 1.29 is 0 Å². The Kier molecular flexibility index (Phi) is 1.89. The third-order valence-electron chi connectivity index (χ3n) is 2.13. The zero-order chi connectivity index (χ0) is 8.55. The summed E-state index contributed by atoms with van der Waals surface area (Å²) in [6, 6.07) is 2.30. The Morgan fingerprint density at radius 3 is 3.08 bits per heavy atom. The second kappa shape index (κ2) is 2.90. The lowest BCUT2D eigenvalue weighted by Crippen LogP contribution is -2.22. The fourth-order valence-electron chi connectivity index (χ4n) is 1.37. The first-order valence-electron chi connectivity index (χ1n) is 4.54. The Hall–Kier alpha value is -0.830. The molecule has 1 heterocycles. The van der Waals surface area contributed by atoms with Gasteiger partial charge >= 0.3 is 0 Å². The lowest BCUT2D eigenvalue weighted by Gasteiger charge is -2.03. The molecule has 1 aromatic rings. The SMILES string of the molecule is CC(N)Cn1ccc(C2CC2)n1. The minimum atomic E-state index is 0.192. The van der Waals surface area contributed by atoms with Crippen LogP contribution in [0.2, 0.25) is 0 Å². The molecule has 0 aromatic carbocycles. The molecule has 12 heavy (non-hydrogen) atoms. The molecule has 3 heteroatoms. The van der Waals surface area contributed by atoms with Crippen molar-refractivity contribution in [3.63, 3.8) is 0 Å². The summed E-state index contributed by atoms with van der Waals surface area (Å²) in [6.07, 6.45) is 4.65. The standard InChI is InChI=1S/C9H15N3/c1-7(10)6-12-5-4-9(11-12)8-2-3-8/h4-5,7-8H,2-3,6,10H2,1H3. The number of aromatic nitrogens is 2. The van der Waals surface area contributed by atoms with E-state index in [1.54, 1.807) is 0 Å². The average molecular weight is 165 g/mol. The molecule has 1 fully saturated rings. The minimum Gasteiger partial charge on any atom is -0.326 e. The molecule has 0 radical (unpaired) electrons. The monoisotopic (exact) mass is 165 g/mol. The van der Waals surface area contributed by atoms with Gasteiger partial charge in [-0.2, -0.15) is 5.10 Å². The first-order chi connectivity index (χ1) is 5.75. The molecule has 3 nitrogen and oxygen atoms in total. The molecule has 1 aliphatic rings. The average Bonchev–Trinajstić information content (AvgIpc) is 2.73. The minimum absolute atomic E-state index is 0.192. The van der Waals surface area contributed by atoms with E-state index in [2.05, 4.69) is 11.2 Å². The van der Waals surface area contributed by atoms with Crippen LogP contribution in [0.4, 0.5) is 0 Å². The first kappa shape index (κ1) is 7.80. The van der Waals surface area contributed by atoms with Crippen LogP contribution in [-0.4, -0.2) is 15.8 Å². The van der Waals surface area contributed by atoms with Gasteiger partial charge in [0.15, 0.2) is 0 Å². The van der Waals surface area contributed by atoms with E-state index in [-0.39, 0.29) is 6.04 Å². The quantitative estimate of drug-likeness (QED) is 0.729. The molecule has 0 bridgehead atoms. The van der Waals surface area contributed by atoms with Gasteiger partial charge in [-0.05, 0) is 25.8 Å². The smallest absolute Gasteiger partial charge is 0.0655 e. The second-order valence-corrected chi connectivity index (χ2v) is 3.71. The lowest BCUT2D eigenvalue weighted by molar-refractivity contribution is 0.534. The molecule has 0 amide bonds. The zero-order valence-electron chi connectivity index (χ0n) is 7.40. The summed E-state index contributed by atoms with van der Waals surface area (Å²) in [5.74, 6) is 0.749. The van der Waals surface area contributed by atoms with Crippen molar-refractivity contribution in [1.29, 1.82) is 0 Å². The molecule has 1 saturated carbocycles. The van der Waals surface area contributed by atoms with E-state index in [0.29, 0.717) is 0 Å². The Morgan fingerprint density at radius 1 is 1.75 bits per heavy atom. The molecule has 1 unspecified atom stereocenters. The highest BCUT2D eigenvalue weighted by Gasteiger charge is 2.25. The summed E-state index contributed by atoms with van der Waals surface area (Å²) in [4.78, 5) is 0. The van der Waals surface area contributed by atoms with Crippen molar-refractivity contribution >= 4 is 0 Å². The predicted octanol–water partition coefficient (Wildman–Crippen LogP) is 1.11. The van der Waals surface area contributed by atoms with Crippen LogP contribution in [0.3, 0.4) is 0 Å². The van der Waals surface area contributed by atoms with Gasteiger partial charge in [-0.1, -0.05) is 0 Å². The highest BCUT2D eigenvalue weighted by atomic mass is 15.3. The van der Waals surface area contributed by atoms with Crippen LogP contribution in [0.15, 0.2) is 12.3 Å². The van der Waals surface area contributed by atoms with Crippen LogP contribution in [0, 0.1) is 0 Å². The van der Waals surface area contributed by atoms with Crippen LogP contribution in [0.25, 0.3) is 0 Å². The Labute approximate surface area is 72.6 Å². The van der Waals surface area contributed by atoms with Gasteiger partial charge in [0.1, 0.15) is 0 Å². The van der Waals surface area contributed by atoms with Crippen LogP contribution in [0.5, 0.6) is 0 Å². The predicted molar refractivity (Wildman–Crippen MR) is 47.9 cm³/mol. The Balaban J connectivity index is 2.03. The summed E-state index contributed by atoms with van der Waals surface area (Å²) in [7, 11) is 0. The molecule has 2 rings (SSSR count). The summed E-state index contributed by atoms with van der Waals surface area (Å²) < 4.78 is 1.94. The van der Waals surface area contributed by atoms with Gasteiger partial charge in [-0.3, -0.25) is 4.68 Å². The third-order valence-corrected chi connectivity index (χ3v) is 2.13. The topological polar surface area (TPSA) is 43.8 Å². The summed E-state index contributed by atoms with van der Waals surface area (Å²) in [5.41, 5.74) is 6.91. The molecule has 0 saturated heterocycles. The number of rotatable bonds is 3. The van der Waals surface area contributed by atoms with E-state index < -0.39 is 0 Å². The maximum absolute atomic E-state index is 5.66. The number of hydrogen-bond acceptors (Lipinski definition) is 2. The summed E-state index contributed by atoms with van der Waals surface area (Å²) >= 11 is 0. The second-order valence-electron chi connectivity index (χ2n) is 3.71. The fraction of sp³-hybridized carbons (Fsp3) is 0.667. The van der Waals surface area contributed by atoms with Gasteiger partial charge in [0.25, 0.3) is 0 Å². The molecule has 0 spiro atoms. The van der Waals surface area contributed by atoms with E-state index >= 15 is 0 Å². The van der Waals surface area contributed by atoms with Crippen LogP contribution >= 0.6 is 0 Å². The first-order valence-corrected chi connectivity index (χ1v) is 4.54. The molecular weight excluding hydrogens is 150 g/mol. The van der Waals surface area contributed by atoms with E-state index in [1.165, 1.54) is 18.5 Å². The van der Waals surface area contributed by atoms with Gasteiger partial charge in [0.05, 0.1) is 12.2 Å². The number of hydrogen-bond donors (Lipinski definition) is 1. The molecule has 0 aliphatic heterocycles. The Bertz CT molecular complexity index is 260. The zero-order valence-corrected chi connectivity index (χ0v) is 7.40. The highest BCUT2D eigenvalue weighted by molar-refractivity contribution is 5.12. The lowest BCUT2D eigenvalue weighted by atomic mass is 10.3. The van der Waals surface area contributed by atoms with Crippen LogP contribution in [-0.2, 0) is 6.54 Å².